The number of aromatic amines is 1. The van der Waals surface area contributed by atoms with E-state index in [1.54, 1.807) is 38.2 Å². The van der Waals surface area contributed by atoms with E-state index in [9.17, 15) is 24.3 Å². The van der Waals surface area contributed by atoms with Crippen molar-refractivity contribution in [3.63, 3.8) is 0 Å². The number of hydrogen-bond acceptors (Lipinski definition) is 8. The lowest BCUT2D eigenvalue weighted by molar-refractivity contribution is 0.430. The molecule has 3 aromatic heterocycles. The van der Waals surface area contributed by atoms with Gasteiger partial charge in [-0.2, -0.15) is 10.1 Å². The maximum atomic E-state index is 12.5. The maximum Gasteiger partial charge on any atom is 0.335 e. The van der Waals surface area contributed by atoms with E-state index in [0.717, 1.165) is 15.3 Å². The fourth-order valence-corrected chi connectivity index (χ4v) is 3.47. The number of nitrogens with one attached hydrogen (secondary N) is 2. The Morgan fingerprint density at radius 2 is 1.76 bits per heavy atom. The minimum Gasteiger partial charge on any atom is -0.493 e. The number of anilines is 1. The molecule has 4 aromatic rings. The van der Waals surface area contributed by atoms with E-state index in [2.05, 4.69) is 20.5 Å². The third-order valence-corrected chi connectivity index (χ3v) is 5.31. The third-order valence-electron chi connectivity index (χ3n) is 5.31. The van der Waals surface area contributed by atoms with Gasteiger partial charge in [-0.1, -0.05) is 18.2 Å². The quantitative estimate of drug-likeness (QED) is 0.272. The fraction of sp³-hybridized carbons (Fsp3) is 0.200. The second kappa shape index (κ2) is 7.78. The first-order valence-electron chi connectivity index (χ1n) is 9.69. The largest absolute Gasteiger partial charge is 0.493 e. The van der Waals surface area contributed by atoms with Crippen LogP contribution in [0.5, 0.6) is 5.88 Å². The zero-order valence-electron chi connectivity index (χ0n) is 18.2. The summed E-state index contributed by atoms with van der Waals surface area (Å²) >= 11 is 0. The van der Waals surface area contributed by atoms with Crippen LogP contribution < -0.4 is 27.9 Å². The van der Waals surface area contributed by atoms with Crippen molar-refractivity contribution in [3.8, 4) is 11.6 Å². The summed E-state index contributed by atoms with van der Waals surface area (Å²) in [6.45, 7) is 1.75. The van der Waals surface area contributed by atoms with Gasteiger partial charge >= 0.3 is 11.4 Å². The van der Waals surface area contributed by atoms with Crippen LogP contribution in [0.4, 0.5) is 5.95 Å². The number of aromatic hydroxyl groups is 1. The number of para-hydroxylation sites is 1. The first-order chi connectivity index (χ1) is 15.6. The number of hydrogen-bond donors (Lipinski definition) is 3. The number of aryl methyl sites for hydroxylation is 3. The van der Waals surface area contributed by atoms with Gasteiger partial charge in [0.25, 0.3) is 11.1 Å². The smallest absolute Gasteiger partial charge is 0.335 e. The Kier molecular flexibility index (Phi) is 5.08. The van der Waals surface area contributed by atoms with Crippen molar-refractivity contribution < 1.29 is 5.11 Å². The lowest BCUT2D eigenvalue weighted by Gasteiger charge is -2.11. The molecule has 170 valence electrons. The molecule has 0 fully saturated rings. The minimum absolute atomic E-state index is 0.114. The molecule has 0 unspecified atom stereocenters. The molecule has 0 spiro atoms. The molecule has 3 N–H and O–H groups in total. The second-order valence-corrected chi connectivity index (χ2v) is 7.36. The van der Waals surface area contributed by atoms with Crippen LogP contribution >= 0.6 is 0 Å². The van der Waals surface area contributed by atoms with Gasteiger partial charge in [0.1, 0.15) is 5.56 Å². The van der Waals surface area contributed by atoms with E-state index < -0.39 is 28.4 Å². The summed E-state index contributed by atoms with van der Waals surface area (Å²) in [6, 6.07) is 6.85. The highest BCUT2D eigenvalue weighted by Gasteiger charge is 2.18. The van der Waals surface area contributed by atoms with Gasteiger partial charge in [-0.05, 0) is 18.6 Å². The topological polar surface area (TPSA) is 161 Å². The normalized spacial score (nSPS) is 11.5. The summed E-state index contributed by atoms with van der Waals surface area (Å²) < 4.78 is 4.56. The Balaban J connectivity index is 1.78. The first kappa shape index (κ1) is 21.5. The molecule has 0 aliphatic rings. The molecule has 13 nitrogen and oxygen atoms in total. The standard InChI is InChI=1S/C20H20N8O5/c1-10-7-5-6-8-12(10)28-16(30)11(15(29)23-19(28)32)9-21-24-18-22-14-13(25(18)2)17(31)27(4)20(33)26(14)3/h5-9,30H,1-4H3,(H,22,24)(H,23,29,32). The molecule has 0 aliphatic carbocycles. The molecule has 4 rings (SSSR count). The lowest BCUT2D eigenvalue weighted by Crippen LogP contribution is -2.37. The third kappa shape index (κ3) is 3.35. The second-order valence-electron chi connectivity index (χ2n) is 7.36. The number of rotatable bonds is 4. The molecular formula is C20H20N8O5. The SMILES string of the molecule is Cc1ccccc1-n1c(O)c(C=NNc2nc3c(c(=O)n(C)c(=O)n3C)n2C)c(=O)[nH]c1=O. The summed E-state index contributed by atoms with van der Waals surface area (Å²) in [5.41, 5.74) is 1.04. The molecule has 3 heterocycles. The van der Waals surface area contributed by atoms with Crippen LogP contribution in [-0.4, -0.2) is 39.6 Å². The molecule has 1 aromatic carbocycles. The highest BCUT2D eigenvalue weighted by Crippen LogP contribution is 2.18. The van der Waals surface area contributed by atoms with Crippen LogP contribution in [0.15, 0.2) is 48.5 Å². The summed E-state index contributed by atoms with van der Waals surface area (Å²) in [4.78, 5) is 55.6. The first-order valence-corrected chi connectivity index (χ1v) is 9.69. The Morgan fingerprint density at radius 3 is 2.45 bits per heavy atom. The summed E-state index contributed by atoms with van der Waals surface area (Å²) in [6.07, 6.45) is 1.03. The van der Waals surface area contributed by atoms with Crippen molar-refractivity contribution in [1.29, 1.82) is 0 Å². The monoisotopic (exact) mass is 452 g/mol. The number of imidazole rings is 1. The van der Waals surface area contributed by atoms with Crippen molar-refractivity contribution in [2.75, 3.05) is 5.43 Å². The van der Waals surface area contributed by atoms with Crippen LogP contribution in [0, 0.1) is 6.92 Å². The average Bonchev–Trinajstić information content (AvgIpc) is 3.10. The maximum absolute atomic E-state index is 12.5. The van der Waals surface area contributed by atoms with Gasteiger partial charge in [-0.15, -0.1) is 0 Å². The zero-order chi connectivity index (χ0) is 24.0. The summed E-state index contributed by atoms with van der Waals surface area (Å²) in [5, 5.41) is 14.6. The van der Waals surface area contributed by atoms with Crippen molar-refractivity contribution in [2.45, 2.75) is 6.92 Å². The molecule has 0 atom stereocenters. The molecule has 0 radical (unpaired) electrons. The van der Waals surface area contributed by atoms with Crippen LogP contribution in [0.25, 0.3) is 16.9 Å². The number of benzene rings is 1. The van der Waals surface area contributed by atoms with Gasteiger partial charge < -0.3 is 9.67 Å². The molecule has 33 heavy (non-hydrogen) atoms. The van der Waals surface area contributed by atoms with E-state index in [1.165, 1.54) is 23.2 Å². The van der Waals surface area contributed by atoms with Gasteiger partial charge in [0.05, 0.1) is 11.9 Å². The lowest BCUT2D eigenvalue weighted by atomic mass is 10.2. The highest BCUT2D eigenvalue weighted by molar-refractivity contribution is 5.83. The number of nitrogens with zero attached hydrogens (tertiary/aromatic N) is 6. The molecule has 13 heteroatoms. The van der Waals surface area contributed by atoms with Gasteiger partial charge in [0.2, 0.25) is 11.8 Å². The van der Waals surface area contributed by atoms with Crippen LogP contribution in [0.2, 0.25) is 0 Å². The van der Waals surface area contributed by atoms with Gasteiger partial charge in [-0.25, -0.2) is 19.6 Å². The predicted molar refractivity (Wildman–Crippen MR) is 121 cm³/mol. The van der Waals surface area contributed by atoms with Crippen molar-refractivity contribution in [2.24, 2.45) is 26.2 Å². The van der Waals surface area contributed by atoms with E-state index in [4.69, 9.17) is 0 Å². The zero-order valence-corrected chi connectivity index (χ0v) is 18.2. The van der Waals surface area contributed by atoms with Gasteiger partial charge in [0.15, 0.2) is 11.2 Å². The molecular weight excluding hydrogens is 432 g/mol. The Morgan fingerprint density at radius 1 is 1.06 bits per heavy atom. The van der Waals surface area contributed by atoms with E-state index in [0.29, 0.717) is 11.3 Å². The van der Waals surface area contributed by atoms with Gasteiger partial charge in [0, 0.05) is 21.1 Å². The van der Waals surface area contributed by atoms with Crippen LogP contribution in [0.3, 0.4) is 0 Å². The van der Waals surface area contributed by atoms with Gasteiger partial charge in [-0.3, -0.25) is 23.7 Å². The van der Waals surface area contributed by atoms with Crippen LogP contribution in [0.1, 0.15) is 11.1 Å². The van der Waals surface area contributed by atoms with E-state index >= 15 is 0 Å². The van der Waals surface area contributed by atoms with Crippen LogP contribution in [-0.2, 0) is 21.1 Å². The van der Waals surface area contributed by atoms with Crippen molar-refractivity contribution >= 4 is 23.3 Å². The average molecular weight is 452 g/mol. The van der Waals surface area contributed by atoms with Crippen molar-refractivity contribution in [1.82, 2.24) is 28.2 Å². The molecule has 0 saturated heterocycles. The minimum atomic E-state index is -0.839. The Bertz CT molecular complexity index is 1680. The Hall–Kier alpha value is -4.68. The summed E-state index contributed by atoms with van der Waals surface area (Å²) in [7, 11) is 4.40. The Labute approximate surface area is 184 Å². The number of fused-ring (bicyclic) bond motifs is 1. The fourth-order valence-electron chi connectivity index (χ4n) is 3.47. The number of H-pyrrole nitrogens is 1. The predicted octanol–water partition coefficient (Wildman–Crippen LogP) is -0.730. The molecule has 0 amide bonds. The molecule has 0 saturated carbocycles. The highest BCUT2D eigenvalue weighted by atomic mass is 16.3. The van der Waals surface area contributed by atoms with Crippen molar-refractivity contribution in [3.05, 3.63) is 77.1 Å². The number of hydrazone groups is 1. The molecule has 0 aliphatic heterocycles. The van der Waals surface area contributed by atoms with E-state index in [-0.39, 0.29) is 22.7 Å². The summed E-state index contributed by atoms with van der Waals surface area (Å²) in [5.74, 6) is -0.479. The molecule has 0 bridgehead atoms. The van der Waals surface area contributed by atoms with E-state index in [1.807, 2.05) is 0 Å². The number of aromatic nitrogens is 6.